The second-order valence-corrected chi connectivity index (χ2v) is 8.90. The number of imidazole rings is 1. The van der Waals surface area contributed by atoms with E-state index in [1.165, 1.54) is 4.90 Å². The van der Waals surface area contributed by atoms with Gasteiger partial charge >= 0.3 is 6.09 Å². The number of carbonyl (C=O) groups excluding carboxylic acids is 1. The Morgan fingerprint density at radius 2 is 1.86 bits per heavy atom. The van der Waals surface area contributed by atoms with Crippen molar-refractivity contribution >= 4 is 23.3 Å². The summed E-state index contributed by atoms with van der Waals surface area (Å²) in [5, 5.41) is 11.9. The van der Waals surface area contributed by atoms with Gasteiger partial charge in [0.2, 0.25) is 0 Å². The highest BCUT2D eigenvalue weighted by molar-refractivity contribution is 6.04. The third-order valence-electron chi connectivity index (χ3n) is 6.28. The first-order valence-corrected chi connectivity index (χ1v) is 11.7. The van der Waals surface area contributed by atoms with Crippen LogP contribution in [-0.2, 0) is 11.2 Å². The topological polar surface area (TPSA) is 96.2 Å². The van der Waals surface area contributed by atoms with Crippen molar-refractivity contribution < 1.29 is 28.2 Å². The van der Waals surface area contributed by atoms with E-state index in [9.17, 15) is 14.7 Å². The molecule has 0 aliphatic carbocycles. The van der Waals surface area contributed by atoms with E-state index >= 15 is 8.78 Å². The Bertz CT molecular complexity index is 1470. The summed E-state index contributed by atoms with van der Waals surface area (Å²) in [5.41, 5.74) is 2.00. The number of benzene rings is 2. The van der Waals surface area contributed by atoms with E-state index in [2.05, 4.69) is 10.3 Å². The third-order valence-corrected chi connectivity index (χ3v) is 6.28. The first-order valence-electron chi connectivity index (χ1n) is 11.7. The summed E-state index contributed by atoms with van der Waals surface area (Å²) in [6.07, 6.45) is 0.390. The standard InChI is InChI=1S/C27H24F2N4O4/c1-16-7-8-33-22(14-19-15-32(27(35)36)9-10-37-19)25(31-23(33)11-16)24-20(28)12-18(13-21(24)29)30-26(34)17-5-3-2-4-6-17/h2-8,11-13,19H,9-10,14-15H2,1H3,(H,30,34)(H,35,36)/t19-/m0/s1. The molecule has 0 bridgehead atoms. The summed E-state index contributed by atoms with van der Waals surface area (Å²) in [7, 11) is 0. The average molecular weight is 507 g/mol. The molecule has 190 valence electrons. The Kier molecular flexibility index (Phi) is 6.58. The van der Waals surface area contributed by atoms with E-state index in [-0.39, 0.29) is 43.1 Å². The number of pyridine rings is 1. The van der Waals surface area contributed by atoms with Crippen LogP contribution in [0, 0.1) is 18.6 Å². The van der Waals surface area contributed by atoms with E-state index in [4.69, 9.17) is 4.74 Å². The van der Waals surface area contributed by atoms with Crippen molar-refractivity contribution in [2.24, 2.45) is 0 Å². The van der Waals surface area contributed by atoms with Crippen LogP contribution in [0.3, 0.4) is 0 Å². The van der Waals surface area contributed by atoms with Crippen molar-refractivity contribution in [3.8, 4) is 11.3 Å². The molecule has 2 aromatic heterocycles. The molecule has 37 heavy (non-hydrogen) atoms. The van der Waals surface area contributed by atoms with Crippen LogP contribution in [0.4, 0.5) is 19.3 Å². The number of aryl methyl sites for hydroxylation is 1. The minimum atomic E-state index is -1.05. The van der Waals surface area contributed by atoms with Gasteiger partial charge in [-0.1, -0.05) is 18.2 Å². The molecule has 10 heteroatoms. The highest BCUT2D eigenvalue weighted by Crippen LogP contribution is 2.33. The number of rotatable bonds is 5. The fraction of sp³-hybridized carbons (Fsp3) is 0.222. The Labute approximate surface area is 211 Å². The normalized spacial score (nSPS) is 15.6. The average Bonchev–Trinajstić information content (AvgIpc) is 3.20. The number of halogens is 2. The van der Waals surface area contributed by atoms with E-state index in [0.29, 0.717) is 16.9 Å². The zero-order chi connectivity index (χ0) is 26.1. The number of nitrogens with zero attached hydrogens (tertiary/aromatic N) is 3. The van der Waals surface area contributed by atoms with Crippen molar-refractivity contribution in [3.63, 3.8) is 0 Å². The number of morpholine rings is 1. The number of hydrogen-bond acceptors (Lipinski definition) is 4. The number of nitrogens with one attached hydrogen (secondary N) is 1. The summed E-state index contributed by atoms with van der Waals surface area (Å²) in [5.74, 6) is -2.27. The molecule has 2 aromatic carbocycles. The molecule has 0 unspecified atom stereocenters. The molecule has 1 saturated heterocycles. The molecule has 5 rings (SSSR count). The maximum Gasteiger partial charge on any atom is 0.407 e. The molecule has 2 N–H and O–H groups in total. The van der Waals surface area contributed by atoms with Gasteiger partial charge < -0.3 is 24.5 Å². The van der Waals surface area contributed by atoms with Gasteiger partial charge in [-0.05, 0) is 48.9 Å². The minimum absolute atomic E-state index is 0.0264. The molecule has 0 saturated carbocycles. The van der Waals surface area contributed by atoms with Crippen LogP contribution >= 0.6 is 0 Å². The predicted molar refractivity (Wildman–Crippen MR) is 133 cm³/mol. The number of hydrogen-bond donors (Lipinski definition) is 2. The quantitative estimate of drug-likeness (QED) is 0.407. The fourth-order valence-corrected chi connectivity index (χ4v) is 4.49. The molecule has 1 aliphatic rings. The second kappa shape index (κ2) is 9.98. The molecule has 8 nitrogen and oxygen atoms in total. The Morgan fingerprint density at radius 1 is 1.14 bits per heavy atom. The molecule has 1 aliphatic heterocycles. The SMILES string of the molecule is Cc1ccn2c(C[C@H]3CN(C(=O)O)CCO3)c(-c3c(F)cc(NC(=O)c4ccccc4)cc3F)nc2c1. The Hall–Kier alpha value is -4.31. The van der Waals surface area contributed by atoms with Crippen molar-refractivity contribution in [1.29, 1.82) is 0 Å². The highest BCUT2D eigenvalue weighted by atomic mass is 19.1. The van der Waals surface area contributed by atoms with Gasteiger partial charge in [0.15, 0.2) is 0 Å². The van der Waals surface area contributed by atoms with Gasteiger partial charge in [-0.25, -0.2) is 18.6 Å². The second-order valence-electron chi connectivity index (χ2n) is 8.90. The number of amides is 2. The number of ether oxygens (including phenoxy) is 1. The maximum absolute atomic E-state index is 15.4. The minimum Gasteiger partial charge on any atom is -0.465 e. The fourth-order valence-electron chi connectivity index (χ4n) is 4.49. The van der Waals surface area contributed by atoms with E-state index in [1.54, 1.807) is 47.0 Å². The van der Waals surface area contributed by atoms with Gasteiger partial charge in [-0.2, -0.15) is 0 Å². The predicted octanol–water partition coefficient (Wildman–Crippen LogP) is 4.76. The van der Waals surface area contributed by atoms with Gasteiger partial charge in [0, 0.05) is 30.4 Å². The lowest BCUT2D eigenvalue weighted by Crippen LogP contribution is -2.45. The molecule has 0 radical (unpaired) electrons. The van der Waals surface area contributed by atoms with Gasteiger partial charge in [0.25, 0.3) is 5.91 Å². The van der Waals surface area contributed by atoms with Crippen LogP contribution in [0.2, 0.25) is 0 Å². The molecule has 4 aromatic rings. The largest absolute Gasteiger partial charge is 0.465 e. The molecular weight excluding hydrogens is 482 g/mol. The van der Waals surface area contributed by atoms with E-state index in [0.717, 1.165) is 17.7 Å². The van der Waals surface area contributed by atoms with Crippen LogP contribution < -0.4 is 5.32 Å². The molecule has 3 heterocycles. The van der Waals surface area contributed by atoms with Crippen LogP contribution in [-0.4, -0.2) is 57.2 Å². The van der Waals surface area contributed by atoms with Crippen molar-refractivity contribution in [3.05, 3.63) is 89.2 Å². The summed E-state index contributed by atoms with van der Waals surface area (Å²) in [6.45, 7) is 2.49. The highest BCUT2D eigenvalue weighted by Gasteiger charge is 2.28. The number of carbonyl (C=O) groups is 2. The summed E-state index contributed by atoms with van der Waals surface area (Å²) >= 11 is 0. The molecule has 1 fully saturated rings. The molecule has 0 spiro atoms. The third kappa shape index (κ3) is 5.01. The van der Waals surface area contributed by atoms with Gasteiger partial charge in [0.1, 0.15) is 17.3 Å². The number of carboxylic acid groups (broad SMARTS) is 1. The van der Waals surface area contributed by atoms with Crippen LogP contribution in [0.1, 0.15) is 21.6 Å². The first kappa shape index (κ1) is 24.4. The number of fused-ring (bicyclic) bond motifs is 1. The summed E-state index contributed by atoms with van der Waals surface area (Å²) in [4.78, 5) is 29.7. The number of anilines is 1. The summed E-state index contributed by atoms with van der Waals surface area (Å²) < 4.78 is 38.4. The van der Waals surface area contributed by atoms with E-state index < -0.39 is 29.7 Å². The number of aromatic nitrogens is 2. The van der Waals surface area contributed by atoms with Gasteiger partial charge in [-0.15, -0.1) is 0 Å². The van der Waals surface area contributed by atoms with Crippen LogP contribution in [0.25, 0.3) is 16.9 Å². The summed E-state index contributed by atoms with van der Waals surface area (Å²) in [6, 6.07) is 14.1. The van der Waals surface area contributed by atoms with Crippen LogP contribution in [0.5, 0.6) is 0 Å². The van der Waals surface area contributed by atoms with Gasteiger partial charge in [0.05, 0.1) is 36.2 Å². The maximum atomic E-state index is 15.4. The smallest absolute Gasteiger partial charge is 0.407 e. The zero-order valence-electron chi connectivity index (χ0n) is 19.9. The lowest BCUT2D eigenvalue weighted by Gasteiger charge is -2.31. The van der Waals surface area contributed by atoms with E-state index in [1.807, 2.05) is 13.0 Å². The van der Waals surface area contributed by atoms with Crippen molar-refractivity contribution in [2.75, 3.05) is 25.0 Å². The Morgan fingerprint density at radius 3 is 2.57 bits per heavy atom. The van der Waals surface area contributed by atoms with Gasteiger partial charge in [-0.3, -0.25) is 4.79 Å². The monoisotopic (exact) mass is 506 g/mol. The molecule has 2 amide bonds. The van der Waals surface area contributed by atoms with Crippen molar-refractivity contribution in [1.82, 2.24) is 14.3 Å². The molecular formula is C27H24F2N4O4. The zero-order valence-corrected chi connectivity index (χ0v) is 19.9. The van der Waals surface area contributed by atoms with Crippen LogP contribution in [0.15, 0.2) is 60.8 Å². The first-order chi connectivity index (χ1) is 17.8. The lowest BCUT2D eigenvalue weighted by molar-refractivity contribution is -0.0214. The lowest BCUT2D eigenvalue weighted by atomic mass is 10.0. The Balaban J connectivity index is 1.52. The van der Waals surface area contributed by atoms with Crippen molar-refractivity contribution in [2.45, 2.75) is 19.4 Å². The molecule has 1 atom stereocenters.